The molecule has 0 aliphatic carbocycles. The van der Waals surface area contributed by atoms with E-state index in [-0.39, 0.29) is 0 Å². The second-order valence-electron chi connectivity index (χ2n) is 6.93. The minimum absolute atomic E-state index is 0.321. The highest BCUT2D eigenvalue weighted by Gasteiger charge is 2.95. The van der Waals surface area contributed by atoms with E-state index in [1.807, 2.05) is 0 Å². The van der Waals surface area contributed by atoms with Gasteiger partial charge in [-0.1, -0.05) is 6.08 Å². The molecule has 0 amide bonds. The highest BCUT2D eigenvalue weighted by molar-refractivity contribution is 5.85. The summed E-state index contributed by atoms with van der Waals surface area (Å²) in [6.07, 6.45) is -14.9. The van der Waals surface area contributed by atoms with E-state index in [0.29, 0.717) is 6.08 Å². The van der Waals surface area contributed by atoms with E-state index >= 15 is 0 Å². The van der Waals surface area contributed by atoms with Gasteiger partial charge in [-0.15, -0.1) is 0 Å². The molecule has 208 valence electrons. The number of aliphatic carboxylic acids is 1. The van der Waals surface area contributed by atoms with Crippen LogP contribution in [0.25, 0.3) is 0 Å². The number of rotatable bonds is 11. The second kappa shape index (κ2) is 9.13. The highest BCUT2D eigenvalue weighted by atomic mass is 19.4. The largest absolute Gasteiger partial charge is 0.478 e. The van der Waals surface area contributed by atoms with Crippen LogP contribution in [0.1, 0.15) is 19.8 Å². The van der Waals surface area contributed by atoms with Crippen molar-refractivity contribution in [3.05, 3.63) is 11.6 Å². The van der Waals surface area contributed by atoms with Gasteiger partial charge in [-0.2, -0.15) is 74.6 Å². The lowest BCUT2D eigenvalue weighted by Crippen LogP contribution is -2.74. The van der Waals surface area contributed by atoms with Gasteiger partial charge in [-0.25, -0.2) is 4.79 Å². The maximum absolute atomic E-state index is 13.6. The second-order valence-corrected chi connectivity index (χ2v) is 6.93. The first-order valence-electron chi connectivity index (χ1n) is 8.27. The predicted molar refractivity (Wildman–Crippen MR) is 77.3 cm³/mol. The Morgan fingerprint density at radius 1 is 0.657 bits per heavy atom. The molecule has 0 saturated heterocycles. The van der Waals surface area contributed by atoms with Gasteiger partial charge in [0.25, 0.3) is 0 Å². The van der Waals surface area contributed by atoms with Gasteiger partial charge in [-0.3, -0.25) is 0 Å². The Labute approximate surface area is 182 Å². The van der Waals surface area contributed by atoms with E-state index in [0.717, 1.165) is 6.92 Å². The molecule has 0 aliphatic rings. The number of aliphatic hydroxyl groups is 1. The molecule has 0 spiro atoms. The van der Waals surface area contributed by atoms with Gasteiger partial charge in [0.2, 0.25) is 0 Å². The van der Waals surface area contributed by atoms with Crippen molar-refractivity contribution in [3.8, 4) is 0 Å². The van der Waals surface area contributed by atoms with Crippen LogP contribution in [-0.2, 0) is 4.79 Å². The summed E-state index contributed by atoms with van der Waals surface area (Å²) in [5.74, 6) is -59.1. The van der Waals surface area contributed by atoms with Gasteiger partial charge in [0.05, 0.1) is 6.10 Å². The van der Waals surface area contributed by atoms with E-state index in [1.54, 1.807) is 0 Å². The molecule has 1 atom stereocenters. The number of carboxylic acid groups (broad SMARTS) is 1. The van der Waals surface area contributed by atoms with Crippen molar-refractivity contribution >= 4 is 5.97 Å². The van der Waals surface area contributed by atoms with E-state index in [2.05, 4.69) is 0 Å². The molecule has 35 heavy (non-hydrogen) atoms. The standard InChI is InChI=1S/C15H11F17O3/c1-5(7(34)35)2-3-6(33)4-8(16,17)9(18,19)10(20,21)11(22,23)12(24,25)13(26,27)14(28,29)15(30,31)32/h2,6,33H,3-4H2,1H3,(H,34,35). The van der Waals surface area contributed by atoms with Crippen molar-refractivity contribution in [2.45, 2.75) is 73.5 Å². The molecule has 0 heterocycles. The normalized spacial score (nSPS) is 16.9. The molecule has 0 aliphatic heterocycles. The van der Waals surface area contributed by atoms with Crippen LogP contribution in [0, 0.1) is 0 Å². The Hall–Kier alpha value is -2.02. The summed E-state index contributed by atoms with van der Waals surface area (Å²) in [6.45, 7) is 0.732. The average molecular weight is 562 g/mol. The number of hydrogen-bond donors (Lipinski definition) is 2. The summed E-state index contributed by atoms with van der Waals surface area (Å²) >= 11 is 0. The number of aliphatic hydroxyl groups excluding tert-OH is 1. The number of carbonyl (C=O) groups is 1. The van der Waals surface area contributed by atoms with E-state index < -0.39 is 78.1 Å². The summed E-state index contributed by atoms with van der Waals surface area (Å²) in [5.41, 5.74) is -0.761. The van der Waals surface area contributed by atoms with Crippen LogP contribution >= 0.6 is 0 Å². The predicted octanol–water partition coefficient (Wildman–Crippen LogP) is 6.17. The summed E-state index contributed by atoms with van der Waals surface area (Å²) in [7, 11) is 0. The van der Waals surface area contributed by atoms with Gasteiger partial charge in [0, 0.05) is 12.0 Å². The third-order valence-corrected chi connectivity index (χ3v) is 4.31. The molecule has 0 rings (SSSR count). The zero-order valence-electron chi connectivity index (χ0n) is 16.3. The van der Waals surface area contributed by atoms with Crippen molar-refractivity contribution in [2.75, 3.05) is 0 Å². The van der Waals surface area contributed by atoms with Crippen LogP contribution in [0.5, 0.6) is 0 Å². The fourth-order valence-electron chi connectivity index (χ4n) is 2.10. The third-order valence-electron chi connectivity index (χ3n) is 4.31. The Balaban J connectivity index is 6.44. The summed E-state index contributed by atoms with van der Waals surface area (Å²) in [6, 6.07) is 0. The van der Waals surface area contributed by atoms with Gasteiger partial charge >= 0.3 is 53.6 Å². The molecule has 0 aromatic carbocycles. The lowest BCUT2D eigenvalue weighted by molar-refractivity contribution is -0.462. The Morgan fingerprint density at radius 2 is 0.971 bits per heavy atom. The van der Waals surface area contributed by atoms with Crippen LogP contribution in [0.4, 0.5) is 74.6 Å². The minimum Gasteiger partial charge on any atom is -0.478 e. The number of alkyl halides is 17. The summed E-state index contributed by atoms with van der Waals surface area (Å²) in [4.78, 5) is 10.4. The zero-order valence-corrected chi connectivity index (χ0v) is 16.3. The molecule has 0 fully saturated rings. The molecule has 0 bridgehead atoms. The summed E-state index contributed by atoms with van der Waals surface area (Å²) < 4.78 is 223. The van der Waals surface area contributed by atoms with Crippen LogP contribution in [0.15, 0.2) is 11.6 Å². The maximum atomic E-state index is 13.6. The van der Waals surface area contributed by atoms with Gasteiger partial charge < -0.3 is 10.2 Å². The first kappa shape index (κ1) is 33.0. The SMILES string of the molecule is CC(=CCC(O)CC(F)(F)C(F)(F)C(F)(F)C(F)(F)C(F)(F)C(F)(F)C(F)(F)C(F)(F)F)C(=O)O. The fourth-order valence-corrected chi connectivity index (χ4v) is 2.10. The van der Waals surface area contributed by atoms with E-state index in [4.69, 9.17) is 10.2 Å². The Kier molecular flexibility index (Phi) is 8.60. The monoisotopic (exact) mass is 562 g/mol. The molecule has 0 radical (unpaired) electrons. The summed E-state index contributed by atoms with van der Waals surface area (Å²) in [5, 5.41) is 17.6. The molecule has 0 aromatic heterocycles. The number of halogens is 17. The molecule has 0 saturated carbocycles. The highest BCUT2D eigenvalue weighted by Crippen LogP contribution is 2.64. The van der Waals surface area contributed by atoms with Gasteiger partial charge in [-0.05, 0) is 13.3 Å². The Bertz CT molecular complexity index is 812. The quantitative estimate of drug-likeness (QED) is 0.234. The van der Waals surface area contributed by atoms with E-state index in [1.165, 1.54) is 0 Å². The zero-order chi connectivity index (χ0) is 28.9. The molecule has 0 aromatic rings. The van der Waals surface area contributed by atoms with Crippen LogP contribution in [0.2, 0.25) is 0 Å². The fraction of sp³-hybridized carbons (Fsp3) is 0.800. The van der Waals surface area contributed by atoms with Crippen molar-refractivity contribution < 1.29 is 89.6 Å². The molecule has 1 unspecified atom stereocenters. The topological polar surface area (TPSA) is 57.5 Å². The Morgan fingerprint density at radius 3 is 1.29 bits per heavy atom. The van der Waals surface area contributed by atoms with Crippen molar-refractivity contribution in [3.63, 3.8) is 0 Å². The molecular formula is C15H11F17O3. The van der Waals surface area contributed by atoms with Crippen LogP contribution in [-0.4, -0.2) is 69.9 Å². The van der Waals surface area contributed by atoms with Crippen LogP contribution in [0.3, 0.4) is 0 Å². The maximum Gasteiger partial charge on any atom is 0.460 e. The first-order chi connectivity index (χ1) is 15.0. The molecule has 2 N–H and O–H groups in total. The van der Waals surface area contributed by atoms with Gasteiger partial charge in [0.15, 0.2) is 0 Å². The molecular weight excluding hydrogens is 551 g/mol. The minimum atomic E-state index is -8.72. The number of hydrogen-bond acceptors (Lipinski definition) is 2. The molecule has 3 nitrogen and oxygen atoms in total. The lowest BCUT2D eigenvalue weighted by atomic mass is 9.87. The molecule has 20 heteroatoms. The smallest absolute Gasteiger partial charge is 0.460 e. The van der Waals surface area contributed by atoms with Crippen molar-refractivity contribution in [2.24, 2.45) is 0 Å². The first-order valence-corrected chi connectivity index (χ1v) is 8.27. The lowest BCUT2D eigenvalue weighted by Gasteiger charge is -2.43. The van der Waals surface area contributed by atoms with Crippen LogP contribution < -0.4 is 0 Å². The van der Waals surface area contributed by atoms with Gasteiger partial charge in [0.1, 0.15) is 0 Å². The number of carboxylic acids is 1. The van der Waals surface area contributed by atoms with E-state index in [9.17, 15) is 79.4 Å². The third kappa shape index (κ3) is 5.11. The average Bonchev–Trinajstić information content (AvgIpc) is 2.63. The van der Waals surface area contributed by atoms with Crippen molar-refractivity contribution in [1.82, 2.24) is 0 Å². The van der Waals surface area contributed by atoms with Crippen molar-refractivity contribution in [1.29, 1.82) is 0 Å².